The predicted molar refractivity (Wildman–Crippen MR) is 96.4 cm³/mol. The Morgan fingerprint density at radius 1 is 0.960 bits per heavy atom. The summed E-state index contributed by atoms with van der Waals surface area (Å²) < 4.78 is 2.29. The number of fused-ring (bicyclic) bond motifs is 1. The summed E-state index contributed by atoms with van der Waals surface area (Å²) in [5, 5.41) is 7.50. The first-order valence-electron chi connectivity index (χ1n) is 8.76. The molecule has 0 radical (unpaired) electrons. The summed E-state index contributed by atoms with van der Waals surface area (Å²) in [6, 6.07) is 18.6. The van der Waals surface area contributed by atoms with E-state index in [1.165, 1.54) is 29.7 Å². The predicted octanol–water partition coefficient (Wildman–Crippen LogP) is 3.67. The van der Waals surface area contributed by atoms with Crippen LogP contribution in [0, 0.1) is 0 Å². The number of para-hydroxylation sites is 2. The number of aromatic amines is 1. The maximum Gasteiger partial charge on any atom is 0.155 e. The standard InChI is InChI=1S/C20H19N5/c1-2-6-14(7-3-1)12-18-22-19(24-23-18)13-25-17-9-5-4-8-16(17)21-20(25)15-10-11-15/h1-9,15H,10-13H2,(H,22,23,24). The van der Waals surface area contributed by atoms with Crippen molar-refractivity contribution in [3.63, 3.8) is 0 Å². The van der Waals surface area contributed by atoms with E-state index in [9.17, 15) is 0 Å². The minimum absolute atomic E-state index is 0.596. The van der Waals surface area contributed by atoms with Crippen LogP contribution >= 0.6 is 0 Å². The number of benzene rings is 2. The smallest absolute Gasteiger partial charge is 0.155 e. The zero-order valence-electron chi connectivity index (χ0n) is 13.9. The molecule has 0 unspecified atom stereocenters. The highest BCUT2D eigenvalue weighted by atomic mass is 15.2. The molecular formula is C20H19N5. The third-order valence-corrected chi connectivity index (χ3v) is 4.72. The second-order valence-electron chi connectivity index (χ2n) is 6.68. The van der Waals surface area contributed by atoms with Crippen LogP contribution in [-0.4, -0.2) is 24.7 Å². The number of hydrogen-bond acceptors (Lipinski definition) is 3. The minimum Gasteiger partial charge on any atom is -0.320 e. The molecule has 2 aromatic heterocycles. The van der Waals surface area contributed by atoms with Gasteiger partial charge >= 0.3 is 0 Å². The Bertz CT molecular complexity index is 1010. The molecule has 2 aromatic carbocycles. The third-order valence-electron chi connectivity index (χ3n) is 4.72. The zero-order chi connectivity index (χ0) is 16.6. The molecule has 5 nitrogen and oxygen atoms in total. The van der Waals surface area contributed by atoms with Gasteiger partial charge in [-0.3, -0.25) is 5.10 Å². The average Bonchev–Trinajstić information content (AvgIpc) is 3.30. The number of imidazole rings is 1. The Hall–Kier alpha value is -2.95. The fraction of sp³-hybridized carbons (Fsp3) is 0.250. The average molecular weight is 329 g/mol. The van der Waals surface area contributed by atoms with E-state index in [4.69, 9.17) is 9.97 Å². The van der Waals surface area contributed by atoms with Crippen molar-refractivity contribution in [3.8, 4) is 0 Å². The van der Waals surface area contributed by atoms with Gasteiger partial charge in [-0.1, -0.05) is 42.5 Å². The van der Waals surface area contributed by atoms with Crippen LogP contribution in [-0.2, 0) is 13.0 Å². The van der Waals surface area contributed by atoms with Gasteiger partial charge in [-0.05, 0) is 30.5 Å². The second kappa shape index (κ2) is 5.84. The number of nitrogens with zero attached hydrogens (tertiary/aromatic N) is 4. The van der Waals surface area contributed by atoms with Crippen LogP contribution in [0.2, 0.25) is 0 Å². The van der Waals surface area contributed by atoms with Gasteiger partial charge in [-0.2, -0.15) is 5.10 Å². The molecule has 0 bridgehead atoms. The van der Waals surface area contributed by atoms with Crippen molar-refractivity contribution < 1.29 is 0 Å². The van der Waals surface area contributed by atoms with Crippen molar-refractivity contribution in [2.75, 3.05) is 0 Å². The van der Waals surface area contributed by atoms with Crippen molar-refractivity contribution >= 4 is 11.0 Å². The van der Waals surface area contributed by atoms with Crippen molar-refractivity contribution in [2.45, 2.75) is 31.7 Å². The van der Waals surface area contributed by atoms with E-state index >= 15 is 0 Å². The Morgan fingerprint density at radius 2 is 1.76 bits per heavy atom. The van der Waals surface area contributed by atoms with E-state index in [2.05, 4.69) is 45.1 Å². The lowest BCUT2D eigenvalue weighted by Gasteiger charge is -2.06. The normalized spacial score (nSPS) is 14.2. The number of rotatable bonds is 5. The van der Waals surface area contributed by atoms with Gasteiger partial charge in [0.1, 0.15) is 11.6 Å². The van der Waals surface area contributed by atoms with E-state index in [1.807, 2.05) is 24.3 Å². The Labute approximate surface area is 145 Å². The Kier molecular flexibility index (Phi) is 3.37. The van der Waals surface area contributed by atoms with Crippen LogP contribution in [0.25, 0.3) is 11.0 Å². The molecule has 0 atom stereocenters. The van der Waals surface area contributed by atoms with Gasteiger partial charge in [-0.25, -0.2) is 9.97 Å². The number of nitrogens with one attached hydrogen (secondary N) is 1. The molecule has 1 aliphatic rings. The van der Waals surface area contributed by atoms with Crippen LogP contribution in [0.15, 0.2) is 54.6 Å². The summed E-state index contributed by atoms with van der Waals surface area (Å²) in [7, 11) is 0. The van der Waals surface area contributed by atoms with Gasteiger partial charge in [-0.15, -0.1) is 0 Å². The summed E-state index contributed by atoms with van der Waals surface area (Å²) in [5.41, 5.74) is 3.46. The topological polar surface area (TPSA) is 59.4 Å². The molecule has 0 saturated heterocycles. The molecule has 4 aromatic rings. The van der Waals surface area contributed by atoms with Gasteiger partial charge in [0.15, 0.2) is 5.82 Å². The first-order valence-corrected chi connectivity index (χ1v) is 8.76. The first kappa shape index (κ1) is 14.4. The van der Waals surface area contributed by atoms with Crippen LogP contribution in [0.1, 0.15) is 41.8 Å². The number of hydrogen-bond donors (Lipinski definition) is 1. The lowest BCUT2D eigenvalue weighted by molar-refractivity contribution is 0.713. The van der Waals surface area contributed by atoms with E-state index in [-0.39, 0.29) is 0 Å². The molecular weight excluding hydrogens is 310 g/mol. The van der Waals surface area contributed by atoms with Crippen LogP contribution in [0.3, 0.4) is 0 Å². The van der Waals surface area contributed by atoms with Crippen LogP contribution in [0.5, 0.6) is 0 Å². The van der Waals surface area contributed by atoms with Crippen molar-refractivity contribution in [1.29, 1.82) is 0 Å². The van der Waals surface area contributed by atoms with E-state index < -0.39 is 0 Å². The molecule has 5 heteroatoms. The third kappa shape index (κ3) is 2.82. The van der Waals surface area contributed by atoms with E-state index in [0.29, 0.717) is 12.5 Å². The lowest BCUT2D eigenvalue weighted by Crippen LogP contribution is -2.06. The quantitative estimate of drug-likeness (QED) is 0.608. The summed E-state index contributed by atoms with van der Waals surface area (Å²) in [6.45, 7) is 0.689. The SMILES string of the molecule is c1ccc(Cc2n[nH]c(Cn3c(C4CC4)nc4ccccc43)n2)cc1. The molecule has 5 rings (SSSR count). The summed E-state index contributed by atoms with van der Waals surface area (Å²) in [4.78, 5) is 9.54. The molecule has 2 heterocycles. The molecule has 0 amide bonds. The molecule has 1 aliphatic carbocycles. The highest BCUT2D eigenvalue weighted by molar-refractivity contribution is 5.76. The summed E-state index contributed by atoms with van der Waals surface area (Å²) in [6.07, 6.45) is 3.22. The van der Waals surface area contributed by atoms with Gasteiger partial charge in [0.25, 0.3) is 0 Å². The van der Waals surface area contributed by atoms with E-state index in [0.717, 1.165) is 23.6 Å². The van der Waals surface area contributed by atoms with Crippen molar-refractivity contribution in [1.82, 2.24) is 24.7 Å². The zero-order valence-corrected chi connectivity index (χ0v) is 13.9. The minimum atomic E-state index is 0.596. The molecule has 1 N–H and O–H groups in total. The van der Waals surface area contributed by atoms with Gasteiger partial charge in [0, 0.05) is 12.3 Å². The van der Waals surface area contributed by atoms with Crippen molar-refractivity contribution in [3.05, 3.63) is 77.6 Å². The van der Waals surface area contributed by atoms with E-state index in [1.54, 1.807) is 0 Å². The monoisotopic (exact) mass is 329 g/mol. The van der Waals surface area contributed by atoms with Gasteiger partial charge in [0.05, 0.1) is 17.6 Å². The van der Waals surface area contributed by atoms with Crippen LogP contribution < -0.4 is 0 Å². The molecule has 1 saturated carbocycles. The highest BCUT2D eigenvalue weighted by Crippen LogP contribution is 2.40. The lowest BCUT2D eigenvalue weighted by atomic mass is 10.1. The highest BCUT2D eigenvalue weighted by Gasteiger charge is 2.29. The van der Waals surface area contributed by atoms with Crippen molar-refractivity contribution in [2.24, 2.45) is 0 Å². The molecule has 1 fully saturated rings. The maximum absolute atomic E-state index is 4.85. The number of aromatic nitrogens is 5. The second-order valence-corrected chi connectivity index (χ2v) is 6.68. The fourth-order valence-electron chi connectivity index (χ4n) is 3.33. The first-order chi connectivity index (χ1) is 12.4. The maximum atomic E-state index is 4.85. The molecule has 0 aliphatic heterocycles. The Balaban J connectivity index is 1.44. The number of H-pyrrole nitrogens is 1. The van der Waals surface area contributed by atoms with Gasteiger partial charge in [0.2, 0.25) is 0 Å². The molecule has 124 valence electrons. The summed E-state index contributed by atoms with van der Waals surface area (Å²) in [5.74, 6) is 3.50. The molecule has 0 spiro atoms. The van der Waals surface area contributed by atoms with Gasteiger partial charge < -0.3 is 4.57 Å². The largest absolute Gasteiger partial charge is 0.320 e. The summed E-state index contributed by atoms with van der Waals surface area (Å²) >= 11 is 0. The van der Waals surface area contributed by atoms with Crippen LogP contribution in [0.4, 0.5) is 0 Å². The Morgan fingerprint density at radius 3 is 2.60 bits per heavy atom. The molecule has 25 heavy (non-hydrogen) atoms. The fourth-order valence-corrected chi connectivity index (χ4v) is 3.33.